The quantitative estimate of drug-likeness (QED) is 0.274. The summed E-state index contributed by atoms with van der Waals surface area (Å²) < 4.78 is 23.9. The van der Waals surface area contributed by atoms with Crippen LogP contribution in [0.1, 0.15) is 55.4 Å². The number of rotatable bonds is 3. The van der Waals surface area contributed by atoms with Crippen LogP contribution in [0.15, 0.2) is 83.4 Å². The topological polar surface area (TPSA) is 26.0 Å². The zero-order valence-corrected chi connectivity index (χ0v) is 20.9. The van der Waals surface area contributed by atoms with Gasteiger partial charge in [-0.15, -0.1) is 0 Å². The molecule has 0 aliphatic carbocycles. The lowest BCUT2D eigenvalue weighted by Crippen LogP contribution is -2.12. The van der Waals surface area contributed by atoms with Crippen LogP contribution in [0, 0.1) is 5.41 Å². The number of nitrogens with zero attached hydrogens (tertiary/aromatic N) is 1. The Balaban J connectivity index is 1.64. The highest BCUT2D eigenvalue weighted by Crippen LogP contribution is 2.37. The van der Waals surface area contributed by atoms with E-state index in [4.69, 9.17) is 12.1 Å². The van der Waals surface area contributed by atoms with Crippen LogP contribution in [0.4, 0.5) is 0 Å². The molecule has 3 aromatic carbocycles. The molecule has 2 heterocycles. The van der Waals surface area contributed by atoms with Crippen molar-refractivity contribution in [1.29, 1.82) is 0 Å². The van der Waals surface area contributed by atoms with Crippen molar-refractivity contribution in [2.24, 2.45) is 5.41 Å². The normalized spacial score (nSPS) is 13.8. The number of aromatic nitrogens is 1. The van der Waals surface area contributed by atoms with Gasteiger partial charge in [-0.3, -0.25) is 4.98 Å². The van der Waals surface area contributed by atoms with Gasteiger partial charge in [0.15, 0.2) is 0 Å². The molecule has 2 nitrogen and oxygen atoms in total. The molecule has 2 heteroatoms. The third kappa shape index (κ3) is 4.37. The molecule has 0 bridgehead atoms. The summed E-state index contributed by atoms with van der Waals surface area (Å²) >= 11 is 0. The molecule has 0 aliphatic rings. The molecule has 0 aliphatic heterocycles. The standard InChI is InChI=1S/C32H33NO/c1-31(2,3)20-24-12-9-11-23-19-29(34-30(23)24)22-14-15-33-28(18-22)25-16-21-10-7-8-13-26(21)27(17-25)32(4,5)6/h7-19H,20H2,1-6H3/i20D2. The molecule has 0 spiro atoms. The van der Waals surface area contributed by atoms with Crippen LogP contribution >= 0.6 is 0 Å². The van der Waals surface area contributed by atoms with Crippen molar-refractivity contribution < 1.29 is 7.16 Å². The van der Waals surface area contributed by atoms with E-state index in [-0.39, 0.29) is 5.41 Å². The minimum atomic E-state index is -1.54. The minimum absolute atomic E-state index is 0.00552. The fourth-order valence-corrected chi connectivity index (χ4v) is 4.53. The van der Waals surface area contributed by atoms with Gasteiger partial charge >= 0.3 is 0 Å². The fraction of sp³-hybridized carbons (Fsp3) is 0.281. The van der Waals surface area contributed by atoms with Crippen molar-refractivity contribution in [3.8, 4) is 22.6 Å². The minimum Gasteiger partial charge on any atom is -0.456 e. The molecule has 0 saturated heterocycles. The van der Waals surface area contributed by atoms with Gasteiger partial charge in [-0.05, 0) is 69.4 Å². The summed E-state index contributed by atoms with van der Waals surface area (Å²) in [6.07, 6.45) is 0.276. The summed E-state index contributed by atoms with van der Waals surface area (Å²) in [5.74, 6) is 0.711. The second kappa shape index (κ2) is 8.13. The first-order chi connectivity index (χ1) is 16.9. The zero-order valence-electron chi connectivity index (χ0n) is 22.9. The number of para-hydroxylation sites is 1. The first-order valence-corrected chi connectivity index (χ1v) is 11.9. The van der Waals surface area contributed by atoms with Crippen molar-refractivity contribution >= 4 is 21.7 Å². The van der Waals surface area contributed by atoms with Crippen LogP contribution in [0.25, 0.3) is 44.3 Å². The maximum atomic E-state index is 8.79. The molecule has 2 aromatic heterocycles. The molecule has 0 fully saturated rings. The summed E-state index contributed by atoms with van der Waals surface area (Å²) in [5, 5.41) is 3.36. The number of pyridine rings is 1. The van der Waals surface area contributed by atoms with E-state index in [1.54, 1.807) is 0 Å². The van der Waals surface area contributed by atoms with Crippen LogP contribution in [0.3, 0.4) is 0 Å². The largest absolute Gasteiger partial charge is 0.456 e. The van der Waals surface area contributed by atoms with Gasteiger partial charge in [0, 0.05) is 25.5 Å². The molecule has 0 radical (unpaired) electrons. The average molecular weight is 450 g/mol. The zero-order chi connectivity index (χ0) is 25.9. The van der Waals surface area contributed by atoms with Gasteiger partial charge in [0.05, 0.1) is 5.69 Å². The summed E-state index contributed by atoms with van der Waals surface area (Å²) in [5.41, 5.74) is 4.78. The third-order valence-corrected chi connectivity index (χ3v) is 6.06. The van der Waals surface area contributed by atoms with E-state index in [1.807, 2.05) is 57.3 Å². The Hall–Kier alpha value is -3.39. The summed E-state index contributed by atoms with van der Waals surface area (Å²) in [4.78, 5) is 4.71. The van der Waals surface area contributed by atoms with Crippen LogP contribution < -0.4 is 0 Å². The maximum Gasteiger partial charge on any atom is 0.138 e. The van der Waals surface area contributed by atoms with Gasteiger partial charge in [-0.1, -0.05) is 84.0 Å². The maximum absolute atomic E-state index is 8.79. The SMILES string of the molecule is [2H]C([2H])(c1cccc2cc(-c3ccnc(-c4cc(C(C)(C)C)c5ccccc5c4)c3)oc12)C(C)(C)C. The van der Waals surface area contributed by atoms with Gasteiger partial charge < -0.3 is 4.42 Å². The summed E-state index contributed by atoms with van der Waals surface area (Å²) in [6, 6.07) is 24.7. The Labute approximate surface area is 205 Å². The molecule has 5 rings (SSSR count). The molecular weight excluding hydrogens is 414 g/mol. The van der Waals surface area contributed by atoms with Gasteiger partial charge in [0.1, 0.15) is 11.3 Å². The molecule has 0 unspecified atom stereocenters. The molecule has 172 valence electrons. The van der Waals surface area contributed by atoms with E-state index in [9.17, 15) is 0 Å². The monoisotopic (exact) mass is 449 g/mol. The van der Waals surface area contributed by atoms with Gasteiger partial charge in [-0.2, -0.15) is 0 Å². The molecule has 5 aromatic rings. The number of benzene rings is 3. The molecular formula is C32H33NO. The van der Waals surface area contributed by atoms with Crippen LogP contribution in [-0.4, -0.2) is 4.98 Å². The second-order valence-corrected chi connectivity index (χ2v) is 11.1. The van der Waals surface area contributed by atoms with Crippen molar-refractivity contribution in [1.82, 2.24) is 4.98 Å². The first kappa shape index (κ1) is 20.0. The lowest BCUT2D eigenvalue weighted by molar-refractivity contribution is 0.410. The second-order valence-electron chi connectivity index (χ2n) is 11.1. The highest BCUT2D eigenvalue weighted by atomic mass is 16.3. The van der Waals surface area contributed by atoms with Crippen molar-refractivity contribution in [2.75, 3.05) is 0 Å². The summed E-state index contributed by atoms with van der Waals surface area (Å²) in [7, 11) is 0. The van der Waals surface area contributed by atoms with E-state index in [2.05, 4.69) is 63.2 Å². The lowest BCUT2D eigenvalue weighted by atomic mass is 9.82. The van der Waals surface area contributed by atoms with Crippen molar-refractivity contribution in [3.63, 3.8) is 0 Å². The van der Waals surface area contributed by atoms with Crippen LogP contribution in [-0.2, 0) is 11.8 Å². The molecule has 0 atom stereocenters. The predicted molar refractivity (Wildman–Crippen MR) is 144 cm³/mol. The molecule has 0 amide bonds. The van der Waals surface area contributed by atoms with E-state index >= 15 is 0 Å². The fourth-order valence-electron chi connectivity index (χ4n) is 4.53. The van der Waals surface area contributed by atoms with Gasteiger partial charge in [0.2, 0.25) is 0 Å². The molecule has 34 heavy (non-hydrogen) atoms. The summed E-state index contributed by atoms with van der Waals surface area (Å²) in [6.45, 7) is 12.5. The molecule has 0 N–H and O–H groups in total. The van der Waals surface area contributed by atoms with E-state index < -0.39 is 11.8 Å². The van der Waals surface area contributed by atoms with Crippen LogP contribution in [0.5, 0.6) is 0 Å². The Morgan fingerprint density at radius 2 is 1.56 bits per heavy atom. The number of hydrogen-bond acceptors (Lipinski definition) is 2. The van der Waals surface area contributed by atoms with Crippen molar-refractivity contribution in [3.05, 3.63) is 90.1 Å². The highest BCUT2D eigenvalue weighted by molar-refractivity contribution is 5.91. The Kier molecular flexibility index (Phi) is 4.79. The van der Waals surface area contributed by atoms with Gasteiger partial charge in [0.25, 0.3) is 0 Å². The number of hydrogen-bond donors (Lipinski definition) is 0. The number of furan rings is 1. The Morgan fingerprint density at radius 3 is 2.32 bits per heavy atom. The average Bonchev–Trinajstić information content (AvgIpc) is 3.26. The van der Waals surface area contributed by atoms with E-state index in [0.29, 0.717) is 16.9 Å². The predicted octanol–water partition coefficient (Wildman–Crippen LogP) is 9.20. The first-order valence-electron chi connectivity index (χ1n) is 12.9. The highest BCUT2D eigenvalue weighted by Gasteiger charge is 2.20. The third-order valence-electron chi connectivity index (χ3n) is 6.06. The lowest BCUT2D eigenvalue weighted by Gasteiger charge is -2.22. The van der Waals surface area contributed by atoms with Crippen LogP contribution in [0.2, 0.25) is 0 Å². The Morgan fingerprint density at radius 1 is 0.794 bits per heavy atom. The smallest absolute Gasteiger partial charge is 0.138 e. The van der Waals surface area contributed by atoms with E-state index in [1.165, 1.54) is 16.3 Å². The van der Waals surface area contributed by atoms with E-state index in [0.717, 1.165) is 22.2 Å². The Bertz CT molecular complexity index is 1580. The number of fused-ring (bicyclic) bond motifs is 2. The molecule has 0 saturated carbocycles. The van der Waals surface area contributed by atoms with Gasteiger partial charge in [-0.25, -0.2) is 0 Å². The van der Waals surface area contributed by atoms with Crippen molar-refractivity contribution in [2.45, 2.75) is 53.3 Å².